The highest BCUT2D eigenvalue weighted by Crippen LogP contribution is 2.65. The molecule has 1 heterocycles. The number of hydrogen-bond acceptors (Lipinski definition) is 2. The summed E-state index contributed by atoms with van der Waals surface area (Å²) in [5, 5.41) is 4.14. The maximum Gasteiger partial charge on any atom is 0.145 e. The predicted octanol–water partition coefficient (Wildman–Crippen LogP) is 5.43. The quantitative estimate of drug-likeness (QED) is 0.646. The molecular formula is C20H29NO. The van der Waals surface area contributed by atoms with Crippen molar-refractivity contribution in [2.45, 2.75) is 78.1 Å². The zero-order valence-corrected chi connectivity index (χ0v) is 14.5. The summed E-state index contributed by atoms with van der Waals surface area (Å²) in [6, 6.07) is 0. The fraction of sp³-hybridized carbons (Fsp3) is 0.750. The van der Waals surface area contributed by atoms with Crippen LogP contribution in [0.5, 0.6) is 0 Å². The highest BCUT2D eigenvalue weighted by atomic mass is 16.5. The van der Waals surface area contributed by atoms with Gasteiger partial charge in [0.1, 0.15) is 5.76 Å². The van der Waals surface area contributed by atoms with Gasteiger partial charge in [0.15, 0.2) is 0 Å². The van der Waals surface area contributed by atoms with Crippen molar-refractivity contribution in [3.63, 3.8) is 0 Å². The van der Waals surface area contributed by atoms with Gasteiger partial charge in [-0.15, -0.1) is 0 Å². The fourth-order valence-electron chi connectivity index (χ4n) is 6.45. The number of aromatic nitrogens is 1. The summed E-state index contributed by atoms with van der Waals surface area (Å²) in [5.41, 5.74) is 3.99. The summed E-state index contributed by atoms with van der Waals surface area (Å²) >= 11 is 0. The van der Waals surface area contributed by atoms with Gasteiger partial charge in [0.05, 0.1) is 6.20 Å². The van der Waals surface area contributed by atoms with E-state index in [0.717, 1.165) is 12.2 Å². The smallest absolute Gasteiger partial charge is 0.145 e. The van der Waals surface area contributed by atoms with Crippen LogP contribution in [0.25, 0.3) is 0 Å². The van der Waals surface area contributed by atoms with E-state index in [1.165, 1.54) is 44.1 Å². The van der Waals surface area contributed by atoms with Gasteiger partial charge >= 0.3 is 0 Å². The van der Waals surface area contributed by atoms with Crippen LogP contribution in [-0.4, -0.2) is 5.16 Å². The van der Waals surface area contributed by atoms with Crippen molar-refractivity contribution in [1.29, 1.82) is 0 Å². The van der Waals surface area contributed by atoms with E-state index in [2.05, 4.69) is 38.9 Å². The second-order valence-corrected chi connectivity index (χ2v) is 8.73. The Labute approximate surface area is 134 Å². The summed E-state index contributed by atoms with van der Waals surface area (Å²) in [6.45, 7) is 9.70. The van der Waals surface area contributed by atoms with Gasteiger partial charge in [-0.2, -0.15) is 0 Å². The molecule has 3 aliphatic carbocycles. The molecule has 22 heavy (non-hydrogen) atoms. The van der Waals surface area contributed by atoms with Crippen molar-refractivity contribution in [1.82, 2.24) is 5.16 Å². The first-order valence-corrected chi connectivity index (χ1v) is 9.09. The summed E-state index contributed by atoms with van der Waals surface area (Å²) in [5.74, 6) is 1.82. The average Bonchev–Trinajstić information content (AvgIpc) is 2.95. The van der Waals surface area contributed by atoms with Crippen LogP contribution in [0.3, 0.4) is 0 Å². The lowest BCUT2D eigenvalue weighted by Crippen LogP contribution is -2.54. The van der Waals surface area contributed by atoms with Gasteiger partial charge in [-0.05, 0) is 61.7 Å². The van der Waals surface area contributed by atoms with Crippen LogP contribution >= 0.6 is 0 Å². The van der Waals surface area contributed by atoms with E-state index in [-0.39, 0.29) is 10.8 Å². The maximum absolute atomic E-state index is 5.68. The van der Waals surface area contributed by atoms with Crippen molar-refractivity contribution in [3.8, 4) is 0 Å². The first kappa shape index (κ1) is 14.5. The molecule has 0 aliphatic heterocycles. The standard InChI is InChI=1S/C20H29NO/c1-5-20-10-7-6-8-16(20)19(4)12-14-13-21-22-17(14)18(2,3)15(19)9-11-20/h8,13,15H,5-7,9-12H2,1-4H3/t15-,19-,20+/m0/s1. The van der Waals surface area contributed by atoms with E-state index in [1.54, 1.807) is 5.57 Å². The molecule has 0 spiro atoms. The largest absolute Gasteiger partial charge is 0.361 e. The van der Waals surface area contributed by atoms with Crippen LogP contribution in [0.15, 0.2) is 22.4 Å². The summed E-state index contributed by atoms with van der Waals surface area (Å²) in [6.07, 6.45) is 13.8. The van der Waals surface area contributed by atoms with Gasteiger partial charge in [0.25, 0.3) is 0 Å². The molecule has 4 rings (SSSR count). The van der Waals surface area contributed by atoms with Gasteiger partial charge in [-0.25, -0.2) is 0 Å². The van der Waals surface area contributed by atoms with Crippen molar-refractivity contribution in [2.75, 3.05) is 0 Å². The lowest BCUT2D eigenvalue weighted by molar-refractivity contribution is 0.0148. The van der Waals surface area contributed by atoms with Crippen molar-refractivity contribution >= 4 is 0 Å². The van der Waals surface area contributed by atoms with E-state index in [0.29, 0.717) is 11.3 Å². The zero-order chi connectivity index (χ0) is 15.6. The Morgan fingerprint density at radius 1 is 1.27 bits per heavy atom. The average molecular weight is 299 g/mol. The van der Waals surface area contributed by atoms with E-state index in [1.807, 2.05) is 6.20 Å². The molecular weight excluding hydrogens is 270 g/mol. The van der Waals surface area contributed by atoms with Gasteiger partial charge < -0.3 is 4.52 Å². The third kappa shape index (κ3) is 1.64. The molecule has 0 radical (unpaired) electrons. The van der Waals surface area contributed by atoms with Gasteiger partial charge in [-0.3, -0.25) is 0 Å². The minimum Gasteiger partial charge on any atom is -0.361 e. The van der Waals surface area contributed by atoms with Crippen LogP contribution in [0.1, 0.15) is 77.5 Å². The first-order chi connectivity index (χ1) is 10.4. The molecule has 120 valence electrons. The Bertz CT molecular complexity index is 625. The topological polar surface area (TPSA) is 26.0 Å². The minimum absolute atomic E-state index is 0.0943. The third-order valence-corrected chi connectivity index (χ3v) is 7.41. The van der Waals surface area contributed by atoms with E-state index in [4.69, 9.17) is 4.52 Å². The molecule has 0 bridgehead atoms. The molecule has 1 aromatic rings. The second kappa shape index (κ2) is 4.49. The third-order valence-electron chi connectivity index (χ3n) is 7.41. The van der Waals surface area contributed by atoms with Gasteiger partial charge in [-0.1, -0.05) is 44.5 Å². The van der Waals surface area contributed by atoms with Crippen molar-refractivity contribution < 1.29 is 4.52 Å². The van der Waals surface area contributed by atoms with E-state index >= 15 is 0 Å². The first-order valence-electron chi connectivity index (χ1n) is 9.09. The summed E-state index contributed by atoms with van der Waals surface area (Å²) in [7, 11) is 0. The molecule has 1 fully saturated rings. The van der Waals surface area contributed by atoms with Gasteiger partial charge in [0, 0.05) is 11.0 Å². The van der Waals surface area contributed by atoms with E-state index < -0.39 is 0 Å². The molecule has 3 atom stereocenters. The monoisotopic (exact) mass is 299 g/mol. The highest BCUT2D eigenvalue weighted by Gasteiger charge is 2.59. The maximum atomic E-state index is 5.68. The molecule has 1 saturated carbocycles. The predicted molar refractivity (Wildman–Crippen MR) is 88.7 cm³/mol. The van der Waals surface area contributed by atoms with Crippen LogP contribution in [0.2, 0.25) is 0 Å². The van der Waals surface area contributed by atoms with Crippen LogP contribution in [0, 0.1) is 16.7 Å². The number of fused-ring (bicyclic) bond motifs is 4. The van der Waals surface area contributed by atoms with Crippen molar-refractivity contribution in [2.24, 2.45) is 16.7 Å². The SMILES string of the molecule is CC[C@]12CCCC=C1[C@@]1(C)Cc3cnoc3C(C)(C)[C@@H]1CC2. The lowest BCUT2D eigenvalue weighted by Gasteiger charge is -2.60. The molecule has 2 heteroatoms. The Hall–Kier alpha value is -1.05. The number of rotatable bonds is 1. The summed E-state index contributed by atoms with van der Waals surface area (Å²) in [4.78, 5) is 0. The number of nitrogens with zero attached hydrogens (tertiary/aromatic N) is 1. The second-order valence-electron chi connectivity index (χ2n) is 8.73. The highest BCUT2D eigenvalue weighted by molar-refractivity contribution is 5.39. The van der Waals surface area contributed by atoms with E-state index in [9.17, 15) is 0 Å². The zero-order valence-electron chi connectivity index (χ0n) is 14.5. The van der Waals surface area contributed by atoms with Crippen LogP contribution < -0.4 is 0 Å². The normalized spacial score (nSPS) is 39.5. The van der Waals surface area contributed by atoms with Crippen LogP contribution in [0.4, 0.5) is 0 Å². The van der Waals surface area contributed by atoms with Crippen LogP contribution in [-0.2, 0) is 11.8 Å². The Kier molecular flexibility index (Phi) is 2.97. The number of hydrogen-bond donors (Lipinski definition) is 0. The fourth-order valence-corrected chi connectivity index (χ4v) is 6.45. The molecule has 0 aromatic carbocycles. The number of allylic oxidation sites excluding steroid dienone is 2. The van der Waals surface area contributed by atoms with Crippen molar-refractivity contribution in [3.05, 3.63) is 29.2 Å². The lowest BCUT2D eigenvalue weighted by atomic mass is 9.43. The minimum atomic E-state index is 0.0943. The Morgan fingerprint density at radius 2 is 2.09 bits per heavy atom. The molecule has 0 amide bonds. The molecule has 0 unspecified atom stereocenters. The van der Waals surface area contributed by atoms with Gasteiger partial charge in [0.2, 0.25) is 0 Å². The molecule has 0 saturated heterocycles. The molecule has 3 aliphatic rings. The molecule has 1 aromatic heterocycles. The Balaban J connectivity index is 1.88. The molecule has 2 nitrogen and oxygen atoms in total. The molecule has 0 N–H and O–H groups in total. The summed E-state index contributed by atoms with van der Waals surface area (Å²) < 4.78 is 5.68. The Morgan fingerprint density at radius 3 is 2.86 bits per heavy atom.